The highest BCUT2D eigenvalue weighted by Gasteiger charge is 2.47. The van der Waals surface area contributed by atoms with Crippen LogP contribution in [-0.2, 0) is 4.74 Å². The van der Waals surface area contributed by atoms with Crippen LogP contribution < -0.4 is 14.8 Å². The number of carbonyl (C=O) groups excluding carboxylic acids is 2. The summed E-state index contributed by atoms with van der Waals surface area (Å²) in [6, 6.07) is 11.0. The molecule has 2 aromatic carbocycles. The van der Waals surface area contributed by atoms with E-state index in [-0.39, 0.29) is 36.1 Å². The maximum Gasteiger partial charge on any atom is 0.410 e. The van der Waals surface area contributed by atoms with E-state index in [4.69, 9.17) is 14.2 Å². The van der Waals surface area contributed by atoms with E-state index in [0.717, 1.165) is 4.68 Å². The van der Waals surface area contributed by atoms with Crippen molar-refractivity contribution in [2.75, 3.05) is 45.7 Å². The predicted octanol–water partition coefficient (Wildman–Crippen LogP) is 6.17. The number of fused-ring (bicyclic) bond motifs is 2. The van der Waals surface area contributed by atoms with Crippen LogP contribution in [0.2, 0.25) is 0 Å². The van der Waals surface area contributed by atoms with Gasteiger partial charge in [-0.1, -0.05) is 18.2 Å². The molecule has 6 rings (SSSR count). The molecule has 2 saturated heterocycles. The lowest BCUT2D eigenvalue weighted by molar-refractivity contribution is -0.173. The van der Waals surface area contributed by atoms with E-state index < -0.39 is 23.9 Å². The second kappa shape index (κ2) is 11.7. The fourth-order valence-electron chi connectivity index (χ4n) is 6.63. The minimum absolute atomic E-state index is 0.156. The Balaban J connectivity index is 1.19. The van der Waals surface area contributed by atoms with Crippen molar-refractivity contribution < 1.29 is 37.0 Å². The zero-order valence-corrected chi connectivity index (χ0v) is 26.4. The highest BCUT2D eigenvalue weighted by molar-refractivity contribution is 5.95. The molecule has 0 saturated carbocycles. The van der Waals surface area contributed by atoms with Crippen LogP contribution in [0.15, 0.2) is 48.5 Å². The number of ether oxygens (including phenoxy) is 3. The zero-order valence-electron chi connectivity index (χ0n) is 26.4. The number of likely N-dealkylation sites (tertiary alicyclic amines) is 2. The second-order valence-electron chi connectivity index (χ2n) is 13.2. The molecule has 2 fully saturated rings. The minimum atomic E-state index is -4.54. The van der Waals surface area contributed by atoms with Crippen LogP contribution in [0.25, 0.3) is 11.3 Å². The fourth-order valence-corrected chi connectivity index (χ4v) is 6.63. The van der Waals surface area contributed by atoms with Gasteiger partial charge in [0.25, 0.3) is 5.91 Å². The molecule has 0 radical (unpaired) electrons. The highest BCUT2D eigenvalue weighted by Crippen LogP contribution is 2.45. The SMILES string of the molecule is COc1ccc(C2CC(C(F)(F)F)n3nc(-c4cccc(C(=O)N5CC6CN(C(=O)OC(C)(C)C)CC6C5)c4)cc3N2)cc1OC. The summed E-state index contributed by atoms with van der Waals surface area (Å²) in [5, 5.41) is 7.58. The lowest BCUT2D eigenvalue weighted by Crippen LogP contribution is -2.38. The molecule has 3 aliphatic rings. The number of carbonyl (C=O) groups is 2. The van der Waals surface area contributed by atoms with Crippen LogP contribution in [0.5, 0.6) is 11.5 Å². The van der Waals surface area contributed by atoms with Crippen molar-refractivity contribution in [1.29, 1.82) is 0 Å². The summed E-state index contributed by atoms with van der Waals surface area (Å²) in [5.41, 5.74) is 1.33. The lowest BCUT2D eigenvalue weighted by atomic mass is 9.96. The molecule has 1 N–H and O–H groups in total. The first-order chi connectivity index (χ1) is 21.7. The highest BCUT2D eigenvalue weighted by atomic mass is 19.4. The van der Waals surface area contributed by atoms with E-state index in [2.05, 4.69) is 10.4 Å². The summed E-state index contributed by atoms with van der Waals surface area (Å²) in [6.45, 7) is 7.58. The number of halogens is 3. The quantitative estimate of drug-likeness (QED) is 0.356. The molecule has 46 heavy (non-hydrogen) atoms. The lowest BCUT2D eigenvalue weighted by Gasteiger charge is -2.33. The monoisotopic (exact) mass is 641 g/mol. The van der Waals surface area contributed by atoms with Gasteiger partial charge in [-0.25, -0.2) is 9.48 Å². The first-order valence-electron chi connectivity index (χ1n) is 15.3. The summed E-state index contributed by atoms with van der Waals surface area (Å²) in [7, 11) is 2.97. The molecule has 246 valence electrons. The van der Waals surface area contributed by atoms with Gasteiger partial charge in [-0.2, -0.15) is 18.3 Å². The van der Waals surface area contributed by atoms with E-state index >= 15 is 0 Å². The molecule has 2 amide bonds. The number of hydrogen-bond donors (Lipinski definition) is 1. The van der Waals surface area contributed by atoms with Gasteiger partial charge >= 0.3 is 12.3 Å². The molecule has 13 heteroatoms. The van der Waals surface area contributed by atoms with Gasteiger partial charge < -0.3 is 29.3 Å². The Morgan fingerprint density at radius 3 is 2.20 bits per heavy atom. The zero-order chi connectivity index (χ0) is 33.0. The molecule has 3 aromatic rings. The molecule has 4 atom stereocenters. The summed E-state index contributed by atoms with van der Waals surface area (Å²) in [4.78, 5) is 29.6. The molecule has 0 aliphatic carbocycles. The normalized spacial score (nSPS) is 22.6. The first kappa shape index (κ1) is 31.6. The van der Waals surface area contributed by atoms with E-state index in [1.165, 1.54) is 14.2 Å². The maximum atomic E-state index is 14.4. The average Bonchev–Trinajstić information content (AvgIpc) is 3.72. The topological polar surface area (TPSA) is 98.2 Å². The number of nitrogens with one attached hydrogen (secondary N) is 1. The minimum Gasteiger partial charge on any atom is -0.493 e. The van der Waals surface area contributed by atoms with Gasteiger partial charge in [0.1, 0.15) is 11.4 Å². The average molecular weight is 642 g/mol. The van der Waals surface area contributed by atoms with Crippen LogP contribution in [0.4, 0.5) is 23.8 Å². The van der Waals surface area contributed by atoms with Gasteiger partial charge in [0.2, 0.25) is 0 Å². The number of alkyl halides is 3. The van der Waals surface area contributed by atoms with E-state index in [1.54, 1.807) is 58.3 Å². The van der Waals surface area contributed by atoms with Crippen molar-refractivity contribution in [3.05, 3.63) is 59.7 Å². The second-order valence-corrected chi connectivity index (χ2v) is 13.2. The third-order valence-corrected chi connectivity index (χ3v) is 8.83. The van der Waals surface area contributed by atoms with Crippen LogP contribution >= 0.6 is 0 Å². The molecule has 0 spiro atoms. The molecular weight excluding hydrogens is 603 g/mol. The fraction of sp³-hybridized carbons (Fsp3) is 0.485. The molecular formula is C33H38F3N5O5. The van der Waals surface area contributed by atoms with Crippen LogP contribution in [0, 0.1) is 11.8 Å². The maximum absolute atomic E-state index is 14.4. The van der Waals surface area contributed by atoms with E-state index in [0.29, 0.717) is 60.1 Å². The Morgan fingerprint density at radius 1 is 0.891 bits per heavy atom. The van der Waals surface area contributed by atoms with Gasteiger partial charge in [-0.3, -0.25) is 4.79 Å². The summed E-state index contributed by atoms with van der Waals surface area (Å²) < 4.78 is 60.2. The molecule has 1 aromatic heterocycles. The van der Waals surface area contributed by atoms with Gasteiger partial charge in [-0.05, 0) is 50.6 Å². The summed E-state index contributed by atoms with van der Waals surface area (Å²) >= 11 is 0. The van der Waals surface area contributed by atoms with Crippen molar-refractivity contribution in [3.63, 3.8) is 0 Å². The van der Waals surface area contributed by atoms with Crippen molar-refractivity contribution in [2.24, 2.45) is 11.8 Å². The summed E-state index contributed by atoms with van der Waals surface area (Å²) in [5.74, 6) is 1.28. The number of nitrogens with zero attached hydrogens (tertiary/aromatic N) is 4. The number of anilines is 1. The predicted molar refractivity (Wildman–Crippen MR) is 164 cm³/mol. The van der Waals surface area contributed by atoms with Crippen LogP contribution in [0.1, 0.15) is 55.2 Å². The molecule has 3 aliphatic heterocycles. The van der Waals surface area contributed by atoms with Gasteiger partial charge in [0.05, 0.1) is 26.0 Å². The van der Waals surface area contributed by atoms with Gasteiger partial charge in [0.15, 0.2) is 17.5 Å². The smallest absolute Gasteiger partial charge is 0.410 e. The molecule has 4 unspecified atom stereocenters. The van der Waals surface area contributed by atoms with Crippen molar-refractivity contribution >= 4 is 17.8 Å². The van der Waals surface area contributed by atoms with Gasteiger partial charge in [0, 0.05) is 61.6 Å². The molecule has 10 nitrogen and oxygen atoms in total. The Labute approximate surface area is 265 Å². The van der Waals surface area contributed by atoms with Gasteiger partial charge in [-0.15, -0.1) is 0 Å². The van der Waals surface area contributed by atoms with Crippen molar-refractivity contribution in [2.45, 2.75) is 51.1 Å². The number of aromatic nitrogens is 2. The molecule has 4 heterocycles. The van der Waals surface area contributed by atoms with E-state index in [9.17, 15) is 22.8 Å². The Hall–Kier alpha value is -4.42. The van der Waals surface area contributed by atoms with Crippen molar-refractivity contribution in [3.8, 4) is 22.8 Å². The Morgan fingerprint density at radius 2 is 1.57 bits per heavy atom. The number of methoxy groups -OCH3 is 2. The number of hydrogen-bond acceptors (Lipinski definition) is 7. The van der Waals surface area contributed by atoms with Crippen LogP contribution in [-0.4, -0.2) is 83.8 Å². The molecule has 0 bridgehead atoms. The van der Waals surface area contributed by atoms with E-state index in [1.807, 2.05) is 20.8 Å². The Kier molecular flexibility index (Phi) is 8.06. The Bertz CT molecular complexity index is 1620. The first-order valence-corrected chi connectivity index (χ1v) is 15.3. The number of benzene rings is 2. The third-order valence-electron chi connectivity index (χ3n) is 8.83. The number of amides is 2. The standard InChI is InChI=1S/C33H38F3N5O5/c1-32(2,3)46-31(43)40-17-22-15-39(16-23(22)18-40)30(42)21-8-6-7-19(11-21)25-14-29-37-24(13-28(33(34,35)36)41(29)38-25)20-9-10-26(44-4)27(12-20)45-5/h6-12,14,22-24,28,37H,13,15-18H2,1-5H3. The third kappa shape index (κ3) is 6.19. The van der Waals surface area contributed by atoms with Crippen LogP contribution in [0.3, 0.4) is 0 Å². The summed E-state index contributed by atoms with van der Waals surface area (Å²) in [6.07, 6.45) is -5.15. The van der Waals surface area contributed by atoms with Crippen molar-refractivity contribution in [1.82, 2.24) is 19.6 Å². The largest absolute Gasteiger partial charge is 0.493 e. The number of rotatable bonds is 5.